The van der Waals surface area contributed by atoms with Gasteiger partial charge in [0.15, 0.2) is 0 Å². The van der Waals surface area contributed by atoms with Crippen molar-refractivity contribution in [2.75, 3.05) is 31.2 Å². The number of nitrogens with one attached hydrogen (secondary N) is 1. The van der Waals surface area contributed by atoms with Gasteiger partial charge in [-0.05, 0) is 31.5 Å². The number of benzene rings is 2. The van der Waals surface area contributed by atoms with Gasteiger partial charge in [-0.2, -0.15) is 5.10 Å². The maximum absolute atomic E-state index is 12.8. The number of hydrogen-bond donors (Lipinski definition) is 1. The second-order valence-corrected chi connectivity index (χ2v) is 7.11. The van der Waals surface area contributed by atoms with Crippen LogP contribution in [0.15, 0.2) is 64.2 Å². The minimum Gasteiger partial charge on any atom is -0.378 e. The summed E-state index contributed by atoms with van der Waals surface area (Å²) in [6.07, 6.45) is 0. The summed E-state index contributed by atoms with van der Waals surface area (Å²) < 4.78 is 10.7. The lowest BCUT2D eigenvalue weighted by Crippen LogP contribution is -2.36. The summed E-state index contributed by atoms with van der Waals surface area (Å²) in [5.41, 5.74) is 7.17. The number of aryl methyl sites for hydroxylation is 1. The van der Waals surface area contributed by atoms with Gasteiger partial charge < -0.3 is 14.2 Å². The molecule has 0 spiro atoms. The highest BCUT2D eigenvalue weighted by molar-refractivity contribution is 6.03. The van der Waals surface area contributed by atoms with E-state index in [-0.39, 0.29) is 5.91 Å². The number of amides is 1. The third-order valence-electron chi connectivity index (χ3n) is 5.12. The van der Waals surface area contributed by atoms with Crippen molar-refractivity contribution in [1.29, 1.82) is 0 Å². The van der Waals surface area contributed by atoms with E-state index in [1.807, 2.05) is 49.4 Å². The third-order valence-corrected chi connectivity index (χ3v) is 5.12. The summed E-state index contributed by atoms with van der Waals surface area (Å²) in [6, 6.07) is 17.6. The molecule has 1 amide bonds. The van der Waals surface area contributed by atoms with Gasteiger partial charge >= 0.3 is 0 Å². The van der Waals surface area contributed by atoms with E-state index in [0.29, 0.717) is 22.7 Å². The molecule has 0 saturated carbocycles. The molecule has 3 aromatic rings. The number of anilines is 1. The molecule has 2 heterocycles. The Bertz CT molecular complexity index is 1040. The molecule has 0 atom stereocenters. The fourth-order valence-electron chi connectivity index (χ4n) is 3.42. The van der Waals surface area contributed by atoms with Crippen LogP contribution in [0.3, 0.4) is 0 Å². The Balaban J connectivity index is 1.47. The lowest BCUT2D eigenvalue weighted by molar-refractivity contribution is 0.0954. The fraction of sp³-hybridized carbons (Fsp3) is 0.261. The molecule has 1 fully saturated rings. The third kappa shape index (κ3) is 4.26. The highest BCUT2D eigenvalue weighted by Crippen LogP contribution is 2.25. The zero-order valence-electron chi connectivity index (χ0n) is 17.1. The van der Waals surface area contributed by atoms with Crippen LogP contribution in [-0.4, -0.2) is 43.1 Å². The van der Waals surface area contributed by atoms with Gasteiger partial charge in [-0.1, -0.05) is 47.6 Å². The first kappa shape index (κ1) is 19.8. The molecular formula is C23H24N4O3. The summed E-state index contributed by atoms with van der Waals surface area (Å²) in [6.45, 7) is 6.87. The van der Waals surface area contributed by atoms with E-state index < -0.39 is 0 Å². The molecular weight excluding hydrogens is 380 g/mol. The van der Waals surface area contributed by atoms with Crippen molar-refractivity contribution in [3.05, 3.63) is 71.5 Å². The SMILES string of the molecule is CC(=NNC(=O)c1c(-c2ccccc2)noc1C)c1ccc(N2CCOCC2)cc1. The highest BCUT2D eigenvalue weighted by atomic mass is 16.5. The topological polar surface area (TPSA) is 80.0 Å². The standard InChI is InChI=1S/C23H24N4O3/c1-16(18-8-10-20(11-9-18)27-12-14-29-15-13-27)24-25-23(28)21-17(2)30-26-22(21)19-6-4-3-5-7-19/h3-11H,12-15H2,1-2H3,(H,25,28). The van der Waals surface area contributed by atoms with E-state index in [1.165, 1.54) is 0 Å². The number of aromatic nitrogens is 1. The molecule has 1 aliphatic rings. The van der Waals surface area contributed by atoms with Gasteiger partial charge in [-0.15, -0.1) is 0 Å². The van der Waals surface area contributed by atoms with Crippen molar-refractivity contribution in [3.63, 3.8) is 0 Å². The van der Waals surface area contributed by atoms with Gasteiger partial charge in [0.1, 0.15) is 17.0 Å². The van der Waals surface area contributed by atoms with E-state index in [1.54, 1.807) is 6.92 Å². The molecule has 7 nitrogen and oxygen atoms in total. The first-order valence-electron chi connectivity index (χ1n) is 9.93. The van der Waals surface area contributed by atoms with E-state index >= 15 is 0 Å². The largest absolute Gasteiger partial charge is 0.378 e. The molecule has 0 unspecified atom stereocenters. The van der Waals surface area contributed by atoms with Crippen LogP contribution < -0.4 is 10.3 Å². The van der Waals surface area contributed by atoms with Gasteiger partial charge in [0, 0.05) is 24.3 Å². The van der Waals surface area contributed by atoms with E-state index in [2.05, 4.69) is 32.7 Å². The smallest absolute Gasteiger partial charge is 0.277 e. The second-order valence-electron chi connectivity index (χ2n) is 7.11. The second kappa shape index (κ2) is 8.92. The van der Waals surface area contributed by atoms with Gasteiger partial charge in [-0.3, -0.25) is 4.79 Å². The van der Waals surface area contributed by atoms with Crippen molar-refractivity contribution in [3.8, 4) is 11.3 Å². The molecule has 2 aromatic carbocycles. The quantitative estimate of drug-likeness (QED) is 0.519. The maximum Gasteiger partial charge on any atom is 0.277 e. The summed E-state index contributed by atoms with van der Waals surface area (Å²) in [5.74, 6) is 0.103. The zero-order chi connectivity index (χ0) is 20.9. The minimum absolute atomic E-state index is 0.350. The minimum atomic E-state index is -0.350. The Morgan fingerprint density at radius 3 is 2.47 bits per heavy atom. The molecule has 1 aliphatic heterocycles. The van der Waals surface area contributed by atoms with Gasteiger partial charge in [0.25, 0.3) is 5.91 Å². The number of nitrogens with zero attached hydrogens (tertiary/aromatic N) is 3. The predicted molar refractivity (Wildman–Crippen MR) is 116 cm³/mol. The predicted octanol–water partition coefficient (Wildman–Crippen LogP) is 3.64. The lowest BCUT2D eigenvalue weighted by atomic mass is 10.1. The van der Waals surface area contributed by atoms with Crippen LogP contribution in [0.4, 0.5) is 5.69 Å². The number of hydrazone groups is 1. The van der Waals surface area contributed by atoms with Gasteiger partial charge in [0.2, 0.25) is 0 Å². The molecule has 0 bridgehead atoms. The van der Waals surface area contributed by atoms with Crippen molar-refractivity contribution in [2.45, 2.75) is 13.8 Å². The Morgan fingerprint density at radius 1 is 1.07 bits per heavy atom. The van der Waals surface area contributed by atoms with Gasteiger partial charge in [0.05, 0.1) is 18.9 Å². The normalized spacial score (nSPS) is 14.6. The number of carbonyl (C=O) groups excluding carboxylic acids is 1. The van der Waals surface area contributed by atoms with Crippen LogP contribution in [0.1, 0.15) is 28.6 Å². The lowest BCUT2D eigenvalue weighted by Gasteiger charge is -2.28. The van der Waals surface area contributed by atoms with Gasteiger partial charge in [-0.25, -0.2) is 5.43 Å². The number of carbonyl (C=O) groups is 1. The van der Waals surface area contributed by atoms with Crippen LogP contribution in [0.5, 0.6) is 0 Å². The Labute approximate surface area is 175 Å². The van der Waals surface area contributed by atoms with Crippen LogP contribution in [0.25, 0.3) is 11.3 Å². The van der Waals surface area contributed by atoms with E-state index in [0.717, 1.165) is 43.1 Å². The Kier molecular flexibility index (Phi) is 5.90. The summed E-state index contributed by atoms with van der Waals surface area (Å²) >= 11 is 0. The summed E-state index contributed by atoms with van der Waals surface area (Å²) in [7, 11) is 0. The highest BCUT2D eigenvalue weighted by Gasteiger charge is 2.21. The molecule has 1 aromatic heterocycles. The summed E-state index contributed by atoms with van der Waals surface area (Å²) in [5, 5.41) is 8.33. The van der Waals surface area contributed by atoms with Crippen molar-refractivity contribution in [2.24, 2.45) is 5.10 Å². The molecule has 30 heavy (non-hydrogen) atoms. The van der Waals surface area contributed by atoms with Crippen LogP contribution in [0, 0.1) is 6.92 Å². The average molecular weight is 404 g/mol. The van der Waals surface area contributed by atoms with E-state index in [4.69, 9.17) is 9.26 Å². The molecule has 1 saturated heterocycles. The monoisotopic (exact) mass is 404 g/mol. The molecule has 4 rings (SSSR count). The molecule has 1 N–H and O–H groups in total. The Hall–Kier alpha value is -3.45. The molecule has 0 aliphatic carbocycles. The summed E-state index contributed by atoms with van der Waals surface area (Å²) in [4.78, 5) is 15.1. The first-order valence-corrected chi connectivity index (χ1v) is 9.93. The van der Waals surface area contributed by atoms with E-state index in [9.17, 15) is 4.79 Å². The zero-order valence-corrected chi connectivity index (χ0v) is 17.1. The van der Waals surface area contributed by atoms with Crippen LogP contribution in [0.2, 0.25) is 0 Å². The number of rotatable bonds is 5. The average Bonchev–Trinajstić information content (AvgIpc) is 3.20. The number of ether oxygens (including phenoxy) is 1. The molecule has 154 valence electrons. The van der Waals surface area contributed by atoms with Crippen LogP contribution >= 0.6 is 0 Å². The fourth-order valence-corrected chi connectivity index (χ4v) is 3.42. The molecule has 7 heteroatoms. The Morgan fingerprint density at radius 2 is 1.77 bits per heavy atom. The maximum atomic E-state index is 12.8. The molecule has 0 radical (unpaired) electrons. The van der Waals surface area contributed by atoms with Crippen LogP contribution in [-0.2, 0) is 4.74 Å². The van der Waals surface area contributed by atoms with Crippen molar-refractivity contribution < 1.29 is 14.1 Å². The van der Waals surface area contributed by atoms with Crippen molar-refractivity contribution in [1.82, 2.24) is 10.6 Å². The van der Waals surface area contributed by atoms with Crippen molar-refractivity contribution >= 4 is 17.3 Å². The number of hydrogen-bond acceptors (Lipinski definition) is 6. The number of morpholine rings is 1. The first-order chi connectivity index (χ1) is 14.6.